The fourth-order valence-electron chi connectivity index (χ4n) is 1.80. The molecule has 0 aliphatic carbocycles. The highest BCUT2D eigenvalue weighted by molar-refractivity contribution is 7.91. The van der Waals surface area contributed by atoms with Crippen LogP contribution in [-0.4, -0.2) is 38.5 Å². The highest BCUT2D eigenvalue weighted by atomic mass is 32.2. The van der Waals surface area contributed by atoms with E-state index in [1.807, 2.05) is 0 Å². The number of halogens is 3. The molecule has 0 aromatic carbocycles. The third kappa shape index (κ3) is 4.68. The summed E-state index contributed by atoms with van der Waals surface area (Å²) in [5.41, 5.74) is 0.0116. The number of carbonyl (C=O) groups is 1. The Kier molecular flexibility index (Phi) is 5.40. The van der Waals surface area contributed by atoms with E-state index in [0.29, 0.717) is 11.3 Å². The van der Waals surface area contributed by atoms with Gasteiger partial charge in [0.25, 0.3) is 5.91 Å². The maximum absolute atomic E-state index is 12.5. The summed E-state index contributed by atoms with van der Waals surface area (Å²) in [7, 11) is -3.99. The predicted octanol–water partition coefficient (Wildman–Crippen LogP) is 2.12. The quantitative estimate of drug-likeness (QED) is 0.888. The van der Waals surface area contributed by atoms with Crippen LogP contribution >= 0.6 is 11.3 Å². The number of nitrogens with zero attached hydrogens (tertiary/aromatic N) is 1. The maximum Gasteiger partial charge on any atom is 0.406 e. The molecule has 10 heteroatoms. The molecule has 1 aromatic heterocycles. The molecular weight excluding hydrogens is 329 g/mol. The van der Waals surface area contributed by atoms with E-state index in [1.165, 1.54) is 12.3 Å². The Morgan fingerprint density at radius 1 is 1.43 bits per heavy atom. The summed E-state index contributed by atoms with van der Waals surface area (Å²) in [6.07, 6.45) is -4.16. The molecule has 2 N–H and O–H groups in total. The second-order valence-electron chi connectivity index (χ2n) is 4.45. The number of amides is 1. The van der Waals surface area contributed by atoms with Gasteiger partial charge in [0.1, 0.15) is 10.8 Å². The van der Waals surface area contributed by atoms with Gasteiger partial charge in [0.2, 0.25) is 10.0 Å². The second-order valence-corrected chi connectivity index (χ2v) is 7.09. The largest absolute Gasteiger partial charge is 0.406 e. The average molecular weight is 344 g/mol. The van der Waals surface area contributed by atoms with Crippen LogP contribution < -0.4 is 5.14 Å². The molecule has 0 aliphatic rings. The first-order valence-corrected chi connectivity index (χ1v) is 8.37. The monoisotopic (exact) mass is 344 g/mol. The third-order valence-electron chi connectivity index (χ3n) is 2.63. The van der Waals surface area contributed by atoms with Gasteiger partial charge in [-0.25, -0.2) is 13.6 Å². The zero-order valence-corrected chi connectivity index (χ0v) is 13.0. The second kappa shape index (κ2) is 6.32. The van der Waals surface area contributed by atoms with Crippen molar-refractivity contribution < 1.29 is 26.4 Å². The lowest BCUT2D eigenvalue weighted by atomic mass is 10.2. The SMILES string of the molecule is CCCN(CC(F)(F)F)C(=O)c1csc(S(N)(=O)=O)c1C. The maximum atomic E-state index is 12.5. The number of hydrogen-bond acceptors (Lipinski definition) is 4. The Bertz CT molecular complexity index is 623. The number of carbonyl (C=O) groups excluding carboxylic acids is 1. The summed E-state index contributed by atoms with van der Waals surface area (Å²) in [6.45, 7) is 1.55. The molecule has 5 nitrogen and oxygen atoms in total. The Morgan fingerprint density at radius 3 is 2.38 bits per heavy atom. The Hall–Kier alpha value is -1.13. The van der Waals surface area contributed by atoms with Crippen LogP contribution in [0, 0.1) is 6.92 Å². The lowest BCUT2D eigenvalue weighted by Gasteiger charge is -2.23. The average Bonchev–Trinajstić information content (AvgIpc) is 2.67. The van der Waals surface area contributed by atoms with Gasteiger partial charge in [-0.1, -0.05) is 6.92 Å². The molecule has 0 radical (unpaired) electrons. The number of sulfonamides is 1. The molecule has 1 amide bonds. The number of primary sulfonamides is 1. The first-order valence-electron chi connectivity index (χ1n) is 5.94. The number of hydrogen-bond donors (Lipinski definition) is 1. The Balaban J connectivity index is 3.13. The van der Waals surface area contributed by atoms with Crippen molar-refractivity contribution in [2.45, 2.75) is 30.7 Å². The highest BCUT2D eigenvalue weighted by Gasteiger charge is 2.34. The van der Waals surface area contributed by atoms with E-state index in [-0.39, 0.29) is 21.9 Å². The molecule has 0 atom stereocenters. The van der Waals surface area contributed by atoms with Crippen molar-refractivity contribution in [1.82, 2.24) is 4.90 Å². The van der Waals surface area contributed by atoms with Crippen LogP contribution in [0.2, 0.25) is 0 Å². The third-order valence-corrected chi connectivity index (χ3v) is 5.32. The van der Waals surface area contributed by atoms with Gasteiger partial charge in [-0.3, -0.25) is 4.79 Å². The van der Waals surface area contributed by atoms with Crippen molar-refractivity contribution in [2.24, 2.45) is 5.14 Å². The van der Waals surface area contributed by atoms with E-state index in [9.17, 15) is 26.4 Å². The molecule has 0 fully saturated rings. The van der Waals surface area contributed by atoms with E-state index in [2.05, 4.69) is 0 Å². The molecule has 0 spiro atoms. The Morgan fingerprint density at radius 2 is 2.00 bits per heavy atom. The van der Waals surface area contributed by atoms with Crippen LogP contribution in [0.15, 0.2) is 9.59 Å². The molecule has 21 heavy (non-hydrogen) atoms. The first kappa shape index (κ1) is 17.9. The minimum atomic E-state index is -4.52. The molecule has 1 aromatic rings. The summed E-state index contributed by atoms with van der Waals surface area (Å²) in [5.74, 6) is -0.849. The number of alkyl halides is 3. The minimum absolute atomic E-state index is 0.0678. The number of rotatable bonds is 5. The van der Waals surface area contributed by atoms with Crippen LogP contribution in [0.1, 0.15) is 29.3 Å². The van der Waals surface area contributed by atoms with Crippen LogP contribution in [0.3, 0.4) is 0 Å². The molecule has 1 rings (SSSR count). The molecule has 0 saturated heterocycles. The van der Waals surface area contributed by atoms with Gasteiger partial charge in [-0.05, 0) is 18.9 Å². The van der Waals surface area contributed by atoms with E-state index in [0.717, 1.165) is 11.3 Å². The van der Waals surface area contributed by atoms with Gasteiger partial charge in [-0.2, -0.15) is 13.2 Å². The summed E-state index contributed by atoms with van der Waals surface area (Å²) >= 11 is 0.723. The molecule has 0 aliphatic heterocycles. The van der Waals surface area contributed by atoms with Gasteiger partial charge in [0, 0.05) is 11.9 Å². The van der Waals surface area contributed by atoms with Crippen LogP contribution in [0.4, 0.5) is 13.2 Å². The van der Waals surface area contributed by atoms with E-state index >= 15 is 0 Å². The first-order chi connectivity index (χ1) is 9.47. The number of nitrogens with two attached hydrogens (primary N) is 1. The van der Waals surface area contributed by atoms with Crippen LogP contribution in [0.5, 0.6) is 0 Å². The molecule has 120 valence electrons. The van der Waals surface area contributed by atoms with Crippen LogP contribution in [0.25, 0.3) is 0 Å². The van der Waals surface area contributed by atoms with E-state index in [4.69, 9.17) is 5.14 Å². The summed E-state index contributed by atoms with van der Waals surface area (Å²) in [6, 6.07) is 0. The smallest absolute Gasteiger partial charge is 0.330 e. The zero-order chi connectivity index (χ0) is 16.4. The van der Waals surface area contributed by atoms with E-state index in [1.54, 1.807) is 6.92 Å². The zero-order valence-electron chi connectivity index (χ0n) is 11.4. The molecular formula is C11H15F3N2O3S2. The van der Waals surface area contributed by atoms with Crippen molar-refractivity contribution in [3.8, 4) is 0 Å². The lowest BCUT2D eigenvalue weighted by Crippen LogP contribution is -2.39. The molecule has 0 saturated carbocycles. The van der Waals surface area contributed by atoms with Gasteiger partial charge in [0.15, 0.2) is 0 Å². The van der Waals surface area contributed by atoms with Gasteiger partial charge < -0.3 is 4.90 Å². The summed E-state index contributed by atoms with van der Waals surface area (Å²) < 4.78 is 59.9. The molecule has 1 heterocycles. The summed E-state index contributed by atoms with van der Waals surface area (Å²) in [4.78, 5) is 12.8. The fraction of sp³-hybridized carbons (Fsp3) is 0.545. The van der Waals surface area contributed by atoms with Gasteiger partial charge in [-0.15, -0.1) is 11.3 Å². The standard InChI is InChI=1S/C11H15F3N2O3S2/c1-3-4-16(6-11(12,13)14)9(17)8-5-20-10(7(8)2)21(15,18)19/h5H,3-4,6H2,1-2H3,(H2,15,18,19). The normalized spacial score (nSPS) is 12.5. The predicted molar refractivity (Wildman–Crippen MR) is 72.7 cm³/mol. The summed E-state index contributed by atoms with van der Waals surface area (Å²) in [5, 5.41) is 6.20. The van der Waals surface area contributed by atoms with Gasteiger partial charge in [0.05, 0.1) is 5.56 Å². The highest BCUT2D eigenvalue weighted by Crippen LogP contribution is 2.27. The van der Waals surface area contributed by atoms with Crippen molar-refractivity contribution in [2.75, 3.05) is 13.1 Å². The van der Waals surface area contributed by atoms with Crippen molar-refractivity contribution in [3.63, 3.8) is 0 Å². The fourth-order valence-corrected chi connectivity index (χ4v) is 3.81. The van der Waals surface area contributed by atoms with Crippen molar-refractivity contribution in [1.29, 1.82) is 0 Å². The van der Waals surface area contributed by atoms with Gasteiger partial charge >= 0.3 is 6.18 Å². The lowest BCUT2D eigenvalue weighted by molar-refractivity contribution is -0.140. The van der Waals surface area contributed by atoms with Crippen LogP contribution in [-0.2, 0) is 10.0 Å². The van der Waals surface area contributed by atoms with Crippen molar-refractivity contribution in [3.05, 3.63) is 16.5 Å². The Labute approximate surface area is 124 Å². The van der Waals surface area contributed by atoms with E-state index < -0.39 is 28.7 Å². The minimum Gasteiger partial charge on any atom is -0.330 e. The number of thiophene rings is 1. The molecule has 0 unspecified atom stereocenters. The topological polar surface area (TPSA) is 80.5 Å². The molecule has 0 bridgehead atoms. The van der Waals surface area contributed by atoms with Crippen molar-refractivity contribution >= 4 is 27.3 Å².